The van der Waals surface area contributed by atoms with Crippen LogP contribution >= 0.6 is 23.6 Å². The molecule has 0 radical (unpaired) electrons. The van der Waals surface area contributed by atoms with E-state index in [9.17, 15) is 4.79 Å². The molecule has 2 N–H and O–H groups in total. The van der Waals surface area contributed by atoms with Crippen LogP contribution in [0.3, 0.4) is 0 Å². The highest BCUT2D eigenvalue weighted by atomic mass is 32.1. The summed E-state index contributed by atoms with van der Waals surface area (Å²) in [7, 11) is 1.95. The Labute approximate surface area is 233 Å². The smallest absolute Gasteiger partial charge is 0.245 e. The Morgan fingerprint density at radius 3 is 2.79 bits per heavy atom. The van der Waals surface area contributed by atoms with Crippen molar-refractivity contribution in [2.24, 2.45) is 7.05 Å². The van der Waals surface area contributed by atoms with Gasteiger partial charge in [-0.3, -0.25) is 4.79 Å². The van der Waals surface area contributed by atoms with Gasteiger partial charge in [0.05, 0.1) is 34.0 Å². The van der Waals surface area contributed by atoms with Crippen LogP contribution in [0.15, 0.2) is 79.0 Å². The molecular weight excluding hydrogens is 530 g/mol. The summed E-state index contributed by atoms with van der Waals surface area (Å²) < 4.78 is 11.3. The van der Waals surface area contributed by atoms with E-state index in [0.29, 0.717) is 24.4 Å². The zero-order valence-corrected chi connectivity index (χ0v) is 22.7. The molecule has 0 aliphatic heterocycles. The van der Waals surface area contributed by atoms with E-state index in [-0.39, 0.29) is 12.5 Å². The van der Waals surface area contributed by atoms with E-state index in [1.165, 1.54) is 11.3 Å². The van der Waals surface area contributed by atoms with E-state index in [1.807, 2.05) is 84.4 Å². The second kappa shape index (κ2) is 10.8. The average Bonchev–Trinajstić information content (AvgIpc) is 3.66. The number of fused-ring (bicyclic) bond motifs is 2. The summed E-state index contributed by atoms with van der Waals surface area (Å²) in [5.41, 5.74) is 4.54. The van der Waals surface area contributed by atoms with Crippen LogP contribution in [-0.4, -0.2) is 35.4 Å². The Morgan fingerprint density at radius 1 is 1.13 bits per heavy atom. The number of aromatic amines is 1. The first-order chi connectivity index (χ1) is 19.0. The standard InChI is InChI=1S/C28H25N7O2S2/c1-34-23-10-6-5-9-21(23)30-26(34)15-29-27(36)24(13-18-7-3-2-4-8-18)35-16-19(32-33-35)17-37-20-11-12-22-25(14-20)39-28(38)31-22/h2-12,14,16,24H,13,15,17H2,1H3,(H,29,36)(H,31,38)/t24-/m0/s1. The number of nitrogens with one attached hydrogen (secondary N) is 2. The molecule has 6 aromatic rings. The largest absolute Gasteiger partial charge is 0.487 e. The van der Waals surface area contributed by atoms with Gasteiger partial charge in [-0.05, 0) is 48.1 Å². The number of para-hydroxylation sites is 2. The molecule has 9 nitrogen and oxygen atoms in total. The van der Waals surface area contributed by atoms with Crippen LogP contribution in [0.4, 0.5) is 0 Å². The molecule has 11 heteroatoms. The van der Waals surface area contributed by atoms with Crippen molar-refractivity contribution in [2.45, 2.75) is 25.6 Å². The lowest BCUT2D eigenvalue weighted by Crippen LogP contribution is -2.34. The van der Waals surface area contributed by atoms with Gasteiger partial charge in [0.15, 0.2) is 3.95 Å². The maximum absolute atomic E-state index is 13.5. The molecule has 1 amide bonds. The van der Waals surface area contributed by atoms with Crippen LogP contribution in [-0.2, 0) is 31.4 Å². The normalized spacial score (nSPS) is 12.1. The van der Waals surface area contributed by atoms with Gasteiger partial charge in [-0.25, -0.2) is 9.67 Å². The molecule has 0 bridgehead atoms. The minimum Gasteiger partial charge on any atom is -0.487 e. The lowest BCUT2D eigenvalue weighted by atomic mass is 10.1. The molecule has 0 fully saturated rings. The Kier molecular flexibility index (Phi) is 6.91. The van der Waals surface area contributed by atoms with Crippen molar-refractivity contribution in [1.82, 2.24) is 34.8 Å². The number of benzene rings is 3. The SMILES string of the molecule is Cn1c(CNC(=O)[C@H](Cc2ccccc2)n2cc(COc3ccc4[nH]c(=S)sc4c3)nn2)nc2ccccc21. The Morgan fingerprint density at radius 2 is 1.95 bits per heavy atom. The van der Waals surface area contributed by atoms with Crippen LogP contribution in [0.25, 0.3) is 21.3 Å². The van der Waals surface area contributed by atoms with Gasteiger partial charge in [0, 0.05) is 13.5 Å². The maximum atomic E-state index is 13.5. The van der Waals surface area contributed by atoms with E-state index in [0.717, 1.165) is 36.6 Å². The highest BCUT2D eigenvalue weighted by Crippen LogP contribution is 2.25. The lowest BCUT2D eigenvalue weighted by Gasteiger charge is -2.17. The molecule has 39 heavy (non-hydrogen) atoms. The fraction of sp³-hybridized carbons (Fsp3) is 0.179. The number of carbonyl (C=O) groups is 1. The van der Waals surface area contributed by atoms with Gasteiger partial charge in [0.1, 0.15) is 29.9 Å². The van der Waals surface area contributed by atoms with Gasteiger partial charge >= 0.3 is 0 Å². The summed E-state index contributed by atoms with van der Waals surface area (Å²) in [6.07, 6.45) is 2.23. The van der Waals surface area contributed by atoms with Gasteiger partial charge in [0.25, 0.3) is 0 Å². The predicted molar refractivity (Wildman–Crippen MR) is 153 cm³/mol. The molecule has 0 aliphatic carbocycles. The molecule has 0 saturated carbocycles. The molecule has 3 heterocycles. The third-order valence-corrected chi connectivity index (χ3v) is 7.73. The van der Waals surface area contributed by atoms with Gasteiger partial charge in [-0.2, -0.15) is 0 Å². The first-order valence-electron chi connectivity index (χ1n) is 12.4. The molecule has 3 aromatic carbocycles. The van der Waals surface area contributed by atoms with Gasteiger partial charge in [-0.1, -0.05) is 47.7 Å². The summed E-state index contributed by atoms with van der Waals surface area (Å²) in [6, 6.07) is 23.0. The number of aromatic nitrogens is 6. The number of hydrogen-bond donors (Lipinski definition) is 2. The summed E-state index contributed by atoms with van der Waals surface area (Å²) in [5.74, 6) is 1.32. The van der Waals surface area contributed by atoms with Crippen LogP contribution in [0, 0.1) is 3.95 Å². The quantitative estimate of drug-likeness (QED) is 0.240. The zero-order valence-electron chi connectivity index (χ0n) is 21.1. The van der Waals surface area contributed by atoms with Crippen molar-refractivity contribution < 1.29 is 9.53 Å². The van der Waals surface area contributed by atoms with E-state index < -0.39 is 6.04 Å². The summed E-state index contributed by atoms with van der Waals surface area (Å²) >= 11 is 6.73. The number of H-pyrrole nitrogens is 1. The van der Waals surface area contributed by atoms with E-state index >= 15 is 0 Å². The fourth-order valence-electron chi connectivity index (χ4n) is 4.49. The van der Waals surface area contributed by atoms with Crippen LogP contribution in [0.5, 0.6) is 5.75 Å². The second-order valence-corrected chi connectivity index (χ2v) is 10.9. The van der Waals surface area contributed by atoms with Crippen LogP contribution < -0.4 is 10.1 Å². The Hall–Kier alpha value is -4.35. The minimum absolute atomic E-state index is 0.164. The minimum atomic E-state index is -0.591. The number of hydrogen-bond acceptors (Lipinski definition) is 7. The predicted octanol–water partition coefficient (Wildman–Crippen LogP) is 5.12. The van der Waals surface area contributed by atoms with Gasteiger partial charge in [-0.15, -0.1) is 16.4 Å². The first-order valence-corrected chi connectivity index (χ1v) is 13.6. The number of rotatable bonds is 9. The van der Waals surface area contributed by atoms with Crippen molar-refractivity contribution in [3.05, 3.63) is 100 Å². The first kappa shape index (κ1) is 25.0. The van der Waals surface area contributed by atoms with Crippen molar-refractivity contribution in [1.29, 1.82) is 0 Å². The molecular formula is C28H25N7O2S2. The molecule has 0 saturated heterocycles. The van der Waals surface area contributed by atoms with Crippen molar-refractivity contribution in [2.75, 3.05) is 0 Å². The summed E-state index contributed by atoms with van der Waals surface area (Å²) in [6.45, 7) is 0.523. The topological polar surface area (TPSA) is 103 Å². The van der Waals surface area contributed by atoms with Gasteiger partial charge in [0.2, 0.25) is 5.91 Å². The Bertz CT molecular complexity index is 1820. The van der Waals surface area contributed by atoms with E-state index in [4.69, 9.17) is 17.0 Å². The zero-order chi connectivity index (χ0) is 26.8. The Balaban J connectivity index is 1.18. The molecule has 0 unspecified atom stereocenters. The van der Waals surface area contributed by atoms with E-state index in [1.54, 1.807) is 10.9 Å². The molecule has 0 spiro atoms. The average molecular weight is 556 g/mol. The molecule has 196 valence electrons. The van der Waals surface area contributed by atoms with Gasteiger partial charge < -0.3 is 19.6 Å². The number of amides is 1. The van der Waals surface area contributed by atoms with Crippen molar-refractivity contribution in [3.8, 4) is 5.75 Å². The third-order valence-electron chi connectivity index (χ3n) is 6.53. The second-order valence-electron chi connectivity index (χ2n) is 9.15. The van der Waals surface area contributed by atoms with Crippen molar-refractivity contribution >= 4 is 50.7 Å². The molecule has 1 atom stereocenters. The highest BCUT2D eigenvalue weighted by molar-refractivity contribution is 7.73. The number of carbonyl (C=O) groups excluding carboxylic acids is 1. The third kappa shape index (κ3) is 5.45. The number of ether oxygens (including phenoxy) is 1. The number of thiazole rings is 1. The number of aryl methyl sites for hydroxylation is 1. The molecule has 6 rings (SSSR count). The molecule has 3 aromatic heterocycles. The summed E-state index contributed by atoms with van der Waals surface area (Å²) in [4.78, 5) is 21.3. The monoisotopic (exact) mass is 555 g/mol. The molecule has 0 aliphatic rings. The van der Waals surface area contributed by atoms with Crippen molar-refractivity contribution in [3.63, 3.8) is 0 Å². The van der Waals surface area contributed by atoms with E-state index in [2.05, 4.69) is 25.6 Å². The highest BCUT2D eigenvalue weighted by Gasteiger charge is 2.23. The number of nitrogens with zero attached hydrogens (tertiary/aromatic N) is 5. The van der Waals surface area contributed by atoms with Crippen LogP contribution in [0.2, 0.25) is 0 Å². The number of imidazole rings is 1. The lowest BCUT2D eigenvalue weighted by molar-refractivity contribution is -0.124. The summed E-state index contributed by atoms with van der Waals surface area (Å²) in [5, 5.41) is 11.6. The maximum Gasteiger partial charge on any atom is 0.245 e. The van der Waals surface area contributed by atoms with Crippen LogP contribution in [0.1, 0.15) is 23.1 Å². The fourth-order valence-corrected chi connectivity index (χ4v) is 5.63.